The van der Waals surface area contributed by atoms with Crippen LogP contribution >= 0.6 is 11.8 Å². The fourth-order valence-corrected chi connectivity index (χ4v) is 4.95. The number of thioether (sulfide) groups is 1. The van der Waals surface area contributed by atoms with E-state index in [2.05, 4.69) is 10.4 Å². The Labute approximate surface area is 188 Å². The van der Waals surface area contributed by atoms with Crippen molar-refractivity contribution < 1.29 is 9.53 Å². The summed E-state index contributed by atoms with van der Waals surface area (Å²) in [4.78, 5) is 30.7. The number of carbonyl (C=O) groups is 1. The van der Waals surface area contributed by atoms with E-state index >= 15 is 0 Å². The summed E-state index contributed by atoms with van der Waals surface area (Å²) in [5.74, 6) is 1.01. The van der Waals surface area contributed by atoms with Gasteiger partial charge in [0.1, 0.15) is 11.1 Å². The van der Waals surface area contributed by atoms with Crippen LogP contribution in [-0.2, 0) is 4.79 Å². The first-order valence-electron chi connectivity index (χ1n) is 10.2. The number of aromatic nitrogens is 4. The molecular weight excluding hydrogens is 426 g/mol. The van der Waals surface area contributed by atoms with Crippen LogP contribution in [0.1, 0.15) is 18.0 Å². The molecule has 1 aliphatic rings. The topological polar surface area (TPSA) is 91.0 Å². The SMILES string of the molecule is COc1ccccc1NC(=O)CC1CSc2nc3c(cnn3-c3ccc(C)cc3)c(=O)n21. The molecule has 5 rings (SSSR count). The molecule has 0 radical (unpaired) electrons. The van der Waals surface area contributed by atoms with E-state index in [9.17, 15) is 9.59 Å². The van der Waals surface area contributed by atoms with Gasteiger partial charge in [-0.2, -0.15) is 5.10 Å². The summed E-state index contributed by atoms with van der Waals surface area (Å²) in [6, 6.07) is 14.8. The first kappa shape index (κ1) is 20.3. The highest BCUT2D eigenvalue weighted by Crippen LogP contribution is 2.34. The zero-order valence-corrected chi connectivity index (χ0v) is 18.4. The number of carbonyl (C=O) groups excluding carboxylic acids is 1. The number of anilines is 1. The van der Waals surface area contributed by atoms with Crippen LogP contribution in [0.3, 0.4) is 0 Å². The summed E-state index contributed by atoms with van der Waals surface area (Å²) in [7, 11) is 1.56. The number of rotatable bonds is 5. The lowest BCUT2D eigenvalue weighted by atomic mass is 10.2. The largest absolute Gasteiger partial charge is 0.495 e. The van der Waals surface area contributed by atoms with Gasteiger partial charge >= 0.3 is 0 Å². The standard InChI is InChI=1S/C23H21N5O3S/c1-14-7-9-15(10-8-14)28-21-17(12-24-28)22(30)27-16(13-32-23(27)26-21)11-20(29)25-18-5-3-4-6-19(18)31-2/h3-10,12,16H,11,13H2,1-2H3,(H,25,29). The van der Waals surface area contributed by atoms with Crippen molar-refractivity contribution in [2.45, 2.75) is 24.5 Å². The van der Waals surface area contributed by atoms with Gasteiger partial charge in [-0.15, -0.1) is 0 Å². The first-order chi connectivity index (χ1) is 15.5. The van der Waals surface area contributed by atoms with Crippen LogP contribution in [0.4, 0.5) is 5.69 Å². The van der Waals surface area contributed by atoms with Crippen LogP contribution in [0, 0.1) is 6.92 Å². The fourth-order valence-electron chi connectivity index (χ4n) is 3.82. The number of hydrogen-bond donors (Lipinski definition) is 1. The molecule has 0 saturated carbocycles. The number of amides is 1. The summed E-state index contributed by atoms with van der Waals surface area (Å²) in [5, 5.41) is 8.32. The Morgan fingerprint density at radius 1 is 1.22 bits per heavy atom. The van der Waals surface area contributed by atoms with Gasteiger partial charge < -0.3 is 10.1 Å². The number of benzene rings is 2. The quantitative estimate of drug-likeness (QED) is 0.470. The number of aryl methyl sites for hydroxylation is 1. The van der Waals surface area contributed by atoms with Gasteiger partial charge in [-0.3, -0.25) is 14.2 Å². The monoisotopic (exact) mass is 447 g/mol. The summed E-state index contributed by atoms with van der Waals surface area (Å²) in [6.07, 6.45) is 1.71. The molecule has 2 aromatic heterocycles. The molecule has 162 valence electrons. The third-order valence-electron chi connectivity index (χ3n) is 5.45. The van der Waals surface area contributed by atoms with Crippen molar-refractivity contribution in [2.24, 2.45) is 0 Å². The Hall–Kier alpha value is -3.59. The molecule has 2 aromatic carbocycles. The van der Waals surface area contributed by atoms with Gasteiger partial charge in [-0.1, -0.05) is 41.6 Å². The molecule has 1 atom stereocenters. The van der Waals surface area contributed by atoms with E-state index in [4.69, 9.17) is 9.72 Å². The van der Waals surface area contributed by atoms with Crippen molar-refractivity contribution >= 4 is 34.4 Å². The highest BCUT2D eigenvalue weighted by molar-refractivity contribution is 7.99. The van der Waals surface area contributed by atoms with Crippen molar-refractivity contribution in [2.75, 3.05) is 18.2 Å². The second-order valence-corrected chi connectivity index (χ2v) is 8.60. The number of nitrogens with zero attached hydrogens (tertiary/aromatic N) is 4. The number of methoxy groups -OCH3 is 1. The van der Waals surface area contributed by atoms with Crippen LogP contribution in [0.25, 0.3) is 16.7 Å². The van der Waals surface area contributed by atoms with Gasteiger partial charge in [0.25, 0.3) is 5.56 Å². The molecule has 0 bridgehead atoms. The van der Waals surface area contributed by atoms with Gasteiger partial charge in [0.2, 0.25) is 5.91 Å². The summed E-state index contributed by atoms with van der Waals surface area (Å²) < 4.78 is 8.59. The molecule has 1 N–H and O–H groups in total. The summed E-state index contributed by atoms with van der Waals surface area (Å²) in [5.41, 5.74) is 2.94. The smallest absolute Gasteiger partial charge is 0.265 e. The first-order valence-corrected chi connectivity index (χ1v) is 11.2. The Morgan fingerprint density at radius 3 is 2.78 bits per heavy atom. The van der Waals surface area contributed by atoms with Gasteiger partial charge in [-0.05, 0) is 31.2 Å². The normalized spacial score (nSPS) is 15.0. The Kier molecular flexibility index (Phi) is 5.18. The lowest BCUT2D eigenvalue weighted by molar-refractivity contribution is -0.116. The molecule has 1 unspecified atom stereocenters. The average molecular weight is 448 g/mol. The van der Waals surface area contributed by atoms with E-state index in [1.54, 1.807) is 34.7 Å². The van der Waals surface area contributed by atoms with E-state index in [0.29, 0.717) is 33.4 Å². The van der Waals surface area contributed by atoms with Gasteiger partial charge in [0.05, 0.1) is 30.7 Å². The zero-order chi connectivity index (χ0) is 22.2. The maximum atomic E-state index is 13.3. The molecule has 0 aliphatic carbocycles. The van der Waals surface area contributed by atoms with E-state index in [-0.39, 0.29) is 23.9 Å². The minimum absolute atomic E-state index is 0.164. The van der Waals surface area contributed by atoms with Gasteiger partial charge in [-0.25, -0.2) is 9.67 Å². The third-order valence-corrected chi connectivity index (χ3v) is 6.55. The molecule has 0 fully saturated rings. The van der Waals surface area contributed by atoms with E-state index < -0.39 is 0 Å². The van der Waals surface area contributed by atoms with Crippen molar-refractivity contribution in [3.63, 3.8) is 0 Å². The molecule has 3 heterocycles. The molecule has 0 spiro atoms. The van der Waals surface area contributed by atoms with Gasteiger partial charge in [0, 0.05) is 12.2 Å². The maximum Gasteiger partial charge on any atom is 0.265 e. The highest BCUT2D eigenvalue weighted by Gasteiger charge is 2.29. The summed E-state index contributed by atoms with van der Waals surface area (Å²) >= 11 is 1.48. The summed E-state index contributed by atoms with van der Waals surface area (Å²) in [6.45, 7) is 2.02. The number of fused-ring (bicyclic) bond motifs is 2. The second-order valence-electron chi connectivity index (χ2n) is 7.62. The number of ether oxygens (including phenoxy) is 1. The van der Waals surface area contributed by atoms with E-state index in [0.717, 1.165) is 11.3 Å². The van der Waals surface area contributed by atoms with Crippen molar-refractivity contribution in [1.82, 2.24) is 19.3 Å². The van der Waals surface area contributed by atoms with Gasteiger partial charge in [0.15, 0.2) is 10.8 Å². The third kappa shape index (κ3) is 3.54. The zero-order valence-electron chi connectivity index (χ0n) is 17.6. The maximum absolute atomic E-state index is 13.3. The molecule has 9 heteroatoms. The number of para-hydroxylation sites is 2. The minimum atomic E-state index is -0.281. The molecule has 4 aromatic rings. The predicted molar refractivity (Wildman–Crippen MR) is 124 cm³/mol. The molecular formula is C23H21N5O3S. The van der Waals surface area contributed by atoms with Crippen molar-refractivity contribution in [1.29, 1.82) is 0 Å². The Bertz CT molecular complexity index is 1380. The lowest BCUT2D eigenvalue weighted by Gasteiger charge is -2.14. The highest BCUT2D eigenvalue weighted by atomic mass is 32.2. The number of nitrogens with one attached hydrogen (secondary N) is 1. The Balaban J connectivity index is 1.44. The van der Waals surface area contributed by atoms with Crippen LogP contribution in [0.5, 0.6) is 5.75 Å². The molecule has 32 heavy (non-hydrogen) atoms. The molecule has 8 nitrogen and oxygen atoms in total. The minimum Gasteiger partial charge on any atom is -0.495 e. The van der Waals surface area contributed by atoms with E-state index in [1.807, 2.05) is 43.3 Å². The second kappa shape index (κ2) is 8.16. The lowest BCUT2D eigenvalue weighted by Crippen LogP contribution is -2.27. The molecule has 1 amide bonds. The fraction of sp³-hybridized carbons (Fsp3) is 0.217. The van der Waals surface area contributed by atoms with Crippen LogP contribution in [0.2, 0.25) is 0 Å². The predicted octanol–water partition coefficient (Wildman–Crippen LogP) is 3.57. The van der Waals surface area contributed by atoms with E-state index in [1.165, 1.54) is 11.8 Å². The Morgan fingerprint density at radius 2 is 2.00 bits per heavy atom. The number of hydrogen-bond acceptors (Lipinski definition) is 6. The van der Waals surface area contributed by atoms with Crippen molar-refractivity contribution in [3.8, 4) is 11.4 Å². The molecule has 0 saturated heterocycles. The van der Waals surface area contributed by atoms with Crippen LogP contribution in [-0.4, -0.2) is 38.1 Å². The van der Waals surface area contributed by atoms with Crippen LogP contribution in [0.15, 0.2) is 64.7 Å². The molecule has 1 aliphatic heterocycles. The van der Waals surface area contributed by atoms with Crippen LogP contribution < -0.4 is 15.6 Å². The average Bonchev–Trinajstić information content (AvgIpc) is 3.40. The van der Waals surface area contributed by atoms with Crippen molar-refractivity contribution in [3.05, 3.63) is 70.6 Å².